The van der Waals surface area contributed by atoms with E-state index in [1.54, 1.807) is 0 Å². The van der Waals surface area contributed by atoms with Crippen LogP contribution in [0.15, 0.2) is 53.2 Å². The quantitative estimate of drug-likeness (QED) is 0.215. The largest absolute Gasteiger partial charge is 0.490 e. The molecule has 0 atom stereocenters. The summed E-state index contributed by atoms with van der Waals surface area (Å²) in [4.78, 5) is 21.9. The predicted octanol–water partition coefficient (Wildman–Crippen LogP) is 7.74. The Labute approximate surface area is 256 Å². The van der Waals surface area contributed by atoms with Crippen LogP contribution in [0.2, 0.25) is 0 Å². The van der Waals surface area contributed by atoms with Gasteiger partial charge in [0, 0.05) is 58.9 Å². The van der Waals surface area contributed by atoms with Crippen molar-refractivity contribution in [1.29, 1.82) is 0 Å². The lowest BCUT2D eigenvalue weighted by atomic mass is 9.57. The molecule has 1 N–H and O–H groups in total. The molecule has 8 rings (SSSR count). The molecule has 0 unspecified atom stereocenters. The van der Waals surface area contributed by atoms with Crippen molar-refractivity contribution < 1.29 is 32.3 Å². The maximum atomic E-state index is 13.7. The number of fused-ring (bicyclic) bond motifs is 1. The van der Waals surface area contributed by atoms with Crippen molar-refractivity contribution in [3.63, 3.8) is 0 Å². The van der Waals surface area contributed by atoms with Gasteiger partial charge in [-0.05, 0) is 81.2 Å². The molecule has 1 aliphatic heterocycles. The van der Waals surface area contributed by atoms with Crippen LogP contribution in [0.25, 0.3) is 28.2 Å². The number of benzene rings is 1. The summed E-state index contributed by atoms with van der Waals surface area (Å²) in [5, 5.41) is 14.4. The highest BCUT2D eigenvalue weighted by Crippen LogP contribution is 2.54. The van der Waals surface area contributed by atoms with Gasteiger partial charge in [-0.25, -0.2) is 9.78 Å². The number of rotatable bonds is 8. The number of ether oxygens (including phenoxy) is 1. The normalized spacial score (nSPS) is 19.9. The monoisotopic (exact) mass is 616 g/mol. The van der Waals surface area contributed by atoms with Gasteiger partial charge in [0.05, 0.1) is 11.6 Å². The first-order chi connectivity index (χ1) is 21.7. The summed E-state index contributed by atoms with van der Waals surface area (Å²) >= 11 is 0. The van der Waals surface area contributed by atoms with Crippen molar-refractivity contribution in [3.8, 4) is 17.0 Å². The number of aromatic nitrogens is 3. The Bertz CT molecular complexity index is 1830. The molecule has 0 amide bonds. The molecule has 3 saturated carbocycles. The van der Waals surface area contributed by atoms with Crippen molar-refractivity contribution in [3.05, 3.63) is 71.4 Å². The van der Waals surface area contributed by atoms with Gasteiger partial charge >= 0.3 is 12.1 Å². The Kier molecular flexibility index (Phi) is 6.44. The van der Waals surface area contributed by atoms with Gasteiger partial charge in [-0.2, -0.15) is 13.2 Å². The molecule has 4 aromatic rings. The van der Waals surface area contributed by atoms with E-state index in [1.165, 1.54) is 18.2 Å². The van der Waals surface area contributed by atoms with Crippen molar-refractivity contribution in [2.45, 2.75) is 63.1 Å². The van der Waals surface area contributed by atoms with Crippen molar-refractivity contribution in [2.75, 3.05) is 18.0 Å². The molecule has 4 fully saturated rings. The zero-order valence-electron chi connectivity index (χ0n) is 24.4. The second-order valence-electron chi connectivity index (χ2n) is 13.0. The van der Waals surface area contributed by atoms with Gasteiger partial charge in [-0.3, -0.25) is 4.98 Å². The fraction of sp³-hybridized carbons (Fsp3) is 0.412. The predicted molar refractivity (Wildman–Crippen MR) is 160 cm³/mol. The molecular weight excluding hydrogens is 585 g/mol. The summed E-state index contributed by atoms with van der Waals surface area (Å²) in [6, 6.07) is 10.3. The Morgan fingerprint density at radius 1 is 1.11 bits per heavy atom. The third kappa shape index (κ3) is 5.11. The molecule has 4 heterocycles. The second kappa shape index (κ2) is 10.3. The fourth-order valence-corrected chi connectivity index (χ4v) is 7.01. The van der Waals surface area contributed by atoms with E-state index in [0.29, 0.717) is 28.5 Å². The van der Waals surface area contributed by atoms with Crippen LogP contribution in [0.4, 0.5) is 18.9 Å². The average molecular weight is 617 g/mol. The summed E-state index contributed by atoms with van der Waals surface area (Å²) in [6.07, 6.45) is 7.58. The number of hydrogen-bond donors (Lipinski definition) is 1. The number of pyridine rings is 2. The highest BCUT2D eigenvalue weighted by molar-refractivity contribution is 5.94. The molecule has 0 radical (unpaired) electrons. The summed E-state index contributed by atoms with van der Waals surface area (Å²) in [5.74, 6) is 0.655. The van der Waals surface area contributed by atoms with E-state index < -0.39 is 17.8 Å². The SMILES string of the molecule is O=C(O)c1cc(OC2CCC2)c2cc(N3CC4(CC(C=Cc5c(-c6cccnc6C(F)(F)F)noc5C5CC5)C4)C3)ccc2n1. The number of halogens is 3. The van der Waals surface area contributed by atoms with Gasteiger partial charge in [0.1, 0.15) is 17.2 Å². The van der Waals surface area contributed by atoms with E-state index in [0.717, 1.165) is 75.3 Å². The molecule has 3 aliphatic carbocycles. The second-order valence-corrected chi connectivity index (χ2v) is 13.0. The number of alkyl halides is 3. The minimum atomic E-state index is -4.60. The summed E-state index contributed by atoms with van der Waals surface area (Å²) in [5.41, 5.74) is 1.63. The van der Waals surface area contributed by atoms with Gasteiger partial charge in [-0.1, -0.05) is 17.3 Å². The first kappa shape index (κ1) is 28.1. The molecule has 45 heavy (non-hydrogen) atoms. The molecule has 4 aliphatic rings. The zero-order chi connectivity index (χ0) is 30.9. The molecule has 8 nitrogen and oxygen atoms in total. The number of anilines is 1. The number of carbonyl (C=O) groups is 1. The van der Waals surface area contributed by atoms with Gasteiger partial charge in [-0.15, -0.1) is 0 Å². The lowest BCUT2D eigenvalue weighted by Gasteiger charge is -2.59. The van der Waals surface area contributed by atoms with E-state index >= 15 is 0 Å². The molecule has 1 saturated heterocycles. The van der Waals surface area contributed by atoms with E-state index in [4.69, 9.17) is 9.26 Å². The number of allylic oxidation sites excluding steroid dienone is 1. The van der Waals surface area contributed by atoms with Crippen LogP contribution >= 0.6 is 0 Å². The van der Waals surface area contributed by atoms with Gasteiger partial charge in [0.2, 0.25) is 0 Å². The third-order valence-electron chi connectivity index (χ3n) is 9.70. The maximum Gasteiger partial charge on any atom is 0.434 e. The van der Waals surface area contributed by atoms with Crippen molar-refractivity contribution in [2.24, 2.45) is 11.3 Å². The number of nitrogens with zero attached hydrogens (tertiary/aromatic N) is 4. The van der Waals surface area contributed by atoms with E-state index in [1.807, 2.05) is 24.3 Å². The molecule has 11 heteroatoms. The van der Waals surface area contributed by atoms with E-state index in [2.05, 4.69) is 26.1 Å². The molecule has 3 aromatic heterocycles. The van der Waals surface area contributed by atoms with Crippen LogP contribution in [-0.4, -0.2) is 45.4 Å². The highest BCUT2D eigenvalue weighted by Gasteiger charge is 2.51. The molecule has 232 valence electrons. The minimum absolute atomic E-state index is 0.0233. The Balaban J connectivity index is 0.974. The first-order valence-corrected chi connectivity index (χ1v) is 15.5. The molecule has 0 bridgehead atoms. The third-order valence-corrected chi connectivity index (χ3v) is 9.70. The van der Waals surface area contributed by atoms with Crippen LogP contribution in [0.1, 0.15) is 78.4 Å². The summed E-state index contributed by atoms with van der Waals surface area (Å²) < 4.78 is 53.0. The fourth-order valence-electron chi connectivity index (χ4n) is 7.01. The first-order valence-electron chi connectivity index (χ1n) is 15.5. The van der Waals surface area contributed by atoms with Crippen molar-refractivity contribution in [1.82, 2.24) is 15.1 Å². The lowest BCUT2D eigenvalue weighted by Crippen LogP contribution is -2.62. The average Bonchev–Trinajstić information content (AvgIpc) is 3.71. The summed E-state index contributed by atoms with van der Waals surface area (Å²) in [6.45, 7) is 1.80. The van der Waals surface area contributed by atoms with Gasteiger partial charge in [0.25, 0.3) is 0 Å². The van der Waals surface area contributed by atoms with E-state index in [9.17, 15) is 23.1 Å². The molecule has 1 aromatic carbocycles. The Morgan fingerprint density at radius 3 is 2.60 bits per heavy atom. The van der Waals surface area contributed by atoms with Gasteiger partial charge < -0.3 is 19.3 Å². The van der Waals surface area contributed by atoms with Crippen LogP contribution < -0.4 is 9.64 Å². The lowest BCUT2D eigenvalue weighted by molar-refractivity contribution is -0.140. The summed E-state index contributed by atoms with van der Waals surface area (Å²) in [7, 11) is 0. The Morgan fingerprint density at radius 2 is 1.91 bits per heavy atom. The smallest absolute Gasteiger partial charge is 0.434 e. The maximum absolute atomic E-state index is 13.7. The molecular formula is C34H31F3N4O4. The number of carboxylic acids is 1. The van der Waals surface area contributed by atoms with Crippen LogP contribution in [-0.2, 0) is 6.18 Å². The van der Waals surface area contributed by atoms with Crippen molar-refractivity contribution >= 4 is 28.6 Å². The van der Waals surface area contributed by atoms with E-state index in [-0.39, 0.29) is 34.4 Å². The topological polar surface area (TPSA) is 102 Å². The number of aromatic carboxylic acids is 1. The van der Waals surface area contributed by atoms with Crippen LogP contribution in [0.5, 0.6) is 5.75 Å². The van der Waals surface area contributed by atoms with Gasteiger partial charge in [0.15, 0.2) is 11.4 Å². The Hall–Kier alpha value is -4.41. The highest BCUT2D eigenvalue weighted by atomic mass is 19.4. The van der Waals surface area contributed by atoms with Crippen LogP contribution in [0, 0.1) is 11.3 Å². The number of hydrogen-bond acceptors (Lipinski definition) is 7. The zero-order valence-corrected chi connectivity index (χ0v) is 24.4. The van der Waals surface area contributed by atoms with Crippen LogP contribution in [0.3, 0.4) is 0 Å². The minimum Gasteiger partial charge on any atom is -0.490 e. The number of carboxylic acid groups (broad SMARTS) is 1. The molecule has 1 spiro atoms. The standard InChI is InChI=1S/C34H31F3N4O4/c35-34(36,37)31-24(5-2-12-38-31)29-23(30(45-40-29)20-7-8-20)10-6-19-15-33(16-19)17-41(18-33)21-9-11-26-25(13-21)28(44-22-3-1-4-22)14-27(39-26)32(42)43/h2,5-6,9-14,19-20,22H,1,3-4,7-8,15-18H2,(H,42,43).